The van der Waals surface area contributed by atoms with E-state index in [9.17, 15) is 19.7 Å². The predicted molar refractivity (Wildman–Crippen MR) is 87.2 cm³/mol. The Labute approximate surface area is 135 Å². The van der Waals surface area contributed by atoms with E-state index in [0.717, 1.165) is 0 Å². The number of rotatable bonds is 6. The van der Waals surface area contributed by atoms with Crippen LogP contribution >= 0.6 is 0 Å². The van der Waals surface area contributed by atoms with E-state index >= 15 is 0 Å². The molecule has 0 aliphatic rings. The summed E-state index contributed by atoms with van der Waals surface area (Å²) in [5.74, 6) is -0.473. The molecule has 1 atom stereocenters. The maximum Gasteiger partial charge on any atom is 0.273 e. The first-order valence-corrected chi connectivity index (χ1v) is 7.40. The van der Waals surface area contributed by atoms with Crippen LogP contribution in [0.4, 0.5) is 5.69 Å². The van der Waals surface area contributed by atoms with Crippen molar-refractivity contribution in [3.63, 3.8) is 0 Å². The Kier molecular flexibility index (Phi) is 6.24. The lowest BCUT2D eigenvalue weighted by Gasteiger charge is -2.23. The normalized spacial score (nSPS) is 11.9. The summed E-state index contributed by atoms with van der Waals surface area (Å²) in [5.41, 5.74) is 0.536. The number of benzene rings is 1. The molecule has 0 unspecified atom stereocenters. The molecule has 1 N–H and O–H groups in total. The second-order valence-corrected chi connectivity index (χ2v) is 6.15. The van der Waals surface area contributed by atoms with Crippen molar-refractivity contribution in [2.24, 2.45) is 5.92 Å². The molecule has 7 heteroatoms. The molecule has 1 aromatic rings. The fraction of sp³-hybridized carbons (Fsp3) is 0.500. The standard InChI is InChI=1S/C16H23N3O4/c1-10(2)8-13(16(21)18(4)5)17-15(20)12-7-6-11(3)14(9-12)19(22)23/h6-7,9-10,13H,8H2,1-5H3,(H,17,20)/t13-/m0/s1. The highest BCUT2D eigenvalue weighted by Crippen LogP contribution is 2.19. The van der Waals surface area contributed by atoms with Gasteiger partial charge in [0.1, 0.15) is 6.04 Å². The van der Waals surface area contributed by atoms with Gasteiger partial charge >= 0.3 is 0 Å². The number of nitrogens with one attached hydrogen (secondary N) is 1. The van der Waals surface area contributed by atoms with Gasteiger partial charge in [-0.25, -0.2) is 0 Å². The molecule has 0 fully saturated rings. The quantitative estimate of drug-likeness (QED) is 0.641. The van der Waals surface area contributed by atoms with Gasteiger partial charge in [0.05, 0.1) is 4.92 Å². The summed E-state index contributed by atoms with van der Waals surface area (Å²) in [5, 5.41) is 13.7. The van der Waals surface area contributed by atoms with Gasteiger partial charge in [0, 0.05) is 31.3 Å². The van der Waals surface area contributed by atoms with Crippen LogP contribution in [0.15, 0.2) is 18.2 Å². The number of hydrogen-bond donors (Lipinski definition) is 1. The number of nitro benzene ring substituents is 1. The van der Waals surface area contributed by atoms with E-state index < -0.39 is 16.9 Å². The summed E-state index contributed by atoms with van der Waals surface area (Å²) >= 11 is 0. The largest absolute Gasteiger partial charge is 0.347 e. The minimum Gasteiger partial charge on any atom is -0.347 e. The molecule has 0 aliphatic heterocycles. The lowest BCUT2D eigenvalue weighted by atomic mass is 10.0. The van der Waals surface area contributed by atoms with E-state index in [2.05, 4.69) is 5.32 Å². The van der Waals surface area contributed by atoms with Crippen molar-refractivity contribution < 1.29 is 14.5 Å². The van der Waals surface area contributed by atoms with E-state index in [-0.39, 0.29) is 23.1 Å². The van der Waals surface area contributed by atoms with Crippen LogP contribution in [0.2, 0.25) is 0 Å². The molecule has 0 aromatic heterocycles. The van der Waals surface area contributed by atoms with Crippen molar-refractivity contribution in [1.29, 1.82) is 0 Å². The first kappa shape index (κ1) is 18.6. The molecule has 0 spiro atoms. The third kappa shape index (κ3) is 5.05. The third-order valence-corrected chi connectivity index (χ3v) is 3.42. The molecular formula is C16H23N3O4. The molecule has 0 bridgehead atoms. The van der Waals surface area contributed by atoms with E-state index in [1.807, 2.05) is 13.8 Å². The van der Waals surface area contributed by atoms with Crippen LogP contribution in [0.25, 0.3) is 0 Å². The zero-order valence-electron chi connectivity index (χ0n) is 14.1. The number of aryl methyl sites for hydroxylation is 1. The predicted octanol–water partition coefficient (Wildman–Crippen LogP) is 2.14. The minimum absolute atomic E-state index is 0.114. The van der Waals surface area contributed by atoms with Crippen LogP contribution < -0.4 is 5.32 Å². The lowest BCUT2D eigenvalue weighted by Crippen LogP contribution is -2.46. The molecule has 1 rings (SSSR count). The molecule has 23 heavy (non-hydrogen) atoms. The molecule has 0 heterocycles. The molecule has 0 saturated heterocycles. The number of nitrogens with zero attached hydrogens (tertiary/aromatic N) is 2. The van der Waals surface area contributed by atoms with Gasteiger partial charge in [-0.1, -0.05) is 19.9 Å². The summed E-state index contributed by atoms with van der Waals surface area (Å²) in [6.45, 7) is 5.52. The van der Waals surface area contributed by atoms with Crippen molar-refractivity contribution in [3.8, 4) is 0 Å². The van der Waals surface area contributed by atoms with Crippen LogP contribution in [-0.4, -0.2) is 41.8 Å². The van der Waals surface area contributed by atoms with Gasteiger partial charge in [0.25, 0.3) is 11.6 Å². The third-order valence-electron chi connectivity index (χ3n) is 3.42. The van der Waals surface area contributed by atoms with Crippen LogP contribution in [0.3, 0.4) is 0 Å². The van der Waals surface area contributed by atoms with Gasteiger partial charge in [-0.05, 0) is 25.3 Å². The number of hydrogen-bond acceptors (Lipinski definition) is 4. The Morgan fingerprint density at radius 2 is 1.91 bits per heavy atom. The summed E-state index contributed by atoms with van der Waals surface area (Å²) in [6.07, 6.45) is 0.497. The van der Waals surface area contributed by atoms with E-state index in [1.54, 1.807) is 21.0 Å². The SMILES string of the molecule is Cc1ccc(C(=O)N[C@@H](CC(C)C)C(=O)N(C)C)cc1[N+](=O)[O-]. The Morgan fingerprint density at radius 3 is 2.39 bits per heavy atom. The second-order valence-electron chi connectivity index (χ2n) is 6.15. The second kappa shape index (κ2) is 7.71. The van der Waals surface area contributed by atoms with E-state index in [0.29, 0.717) is 12.0 Å². The lowest BCUT2D eigenvalue weighted by molar-refractivity contribution is -0.385. The Balaban J connectivity index is 3.01. The zero-order valence-corrected chi connectivity index (χ0v) is 14.1. The number of amides is 2. The Hall–Kier alpha value is -2.44. The van der Waals surface area contributed by atoms with Gasteiger partial charge in [0.15, 0.2) is 0 Å². The van der Waals surface area contributed by atoms with Crippen LogP contribution in [0.5, 0.6) is 0 Å². The van der Waals surface area contributed by atoms with E-state index in [1.165, 1.54) is 23.1 Å². The average molecular weight is 321 g/mol. The fourth-order valence-electron chi connectivity index (χ4n) is 2.19. The maximum absolute atomic E-state index is 12.3. The molecule has 7 nitrogen and oxygen atoms in total. The van der Waals surface area contributed by atoms with Gasteiger partial charge in [-0.3, -0.25) is 19.7 Å². The molecule has 0 radical (unpaired) electrons. The monoisotopic (exact) mass is 321 g/mol. The van der Waals surface area contributed by atoms with Crippen molar-refractivity contribution in [2.75, 3.05) is 14.1 Å². The molecule has 2 amide bonds. The first-order valence-electron chi connectivity index (χ1n) is 7.40. The summed E-state index contributed by atoms with van der Waals surface area (Å²) in [7, 11) is 3.25. The maximum atomic E-state index is 12.3. The average Bonchev–Trinajstić information content (AvgIpc) is 2.45. The minimum atomic E-state index is -0.655. The number of carbonyl (C=O) groups is 2. The fourth-order valence-corrected chi connectivity index (χ4v) is 2.19. The van der Waals surface area contributed by atoms with Crippen LogP contribution in [0, 0.1) is 23.0 Å². The first-order chi connectivity index (χ1) is 10.6. The Bertz CT molecular complexity index is 611. The highest BCUT2D eigenvalue weighted by Gasteiger charge is 2.24. The van der Waals surface area contributed by atoms with Crippen molar-refractivity contribution >= 4 is 17.5 Å². The number of likely N-dealkylation sites (N-methyl/N-ethyl adjacent to an activating group) is 1. The summed E-state index contributed by atoms with van der Waals surface area (Å²) in [6, 6.07) is 3.62. The van der Waals surface area contributed by atoms with Gasteiger partial charge in [-0.15, -0.1) is 0 Å². The number of carbonyl (C=O) groups excluding carboxylic acids is 2. The zero-order chi connectivity index (χ0) is 17.7. The van der Waals surface area contributed by atoms with Crippen molar-refractivity contribution in [3.05, 3.63) is 39.4 Å². The topological polar surface area (TPSA) is 92.6 Å². The molecule has 126 valence electrons. The van der Waals surface area contributed by atoms with Crippen molar-refractivity contribution in [2.45, 2.75) is 33.2 Å². The smallest absolute Gasteiger partial charge is 0.273 e. The molecule has 0 saturated carbocycles. The van der Waals surface area contributed by atoms with Crippen LogP contribution in [-0.2, 0) is 4.79 Å². The molecule has 0 aliphatic carbocycles. The van der Waals surface area contributed by atoms with Gasteiger partial charge in [-0.2, -0.15) is 0 Å². The van der Waals surface area contributed by atoms with Crippen molar-refractivity contribution in [1.82, 2.24) is 10.2 Å². The summed E-state index contributed by atoms with van der Waals surface area (Å²) < 4.78 is 0. The number of nitro groups is 1. The van der Waals surface area contributed by atoms with E-state index in [4.69, 9.17) is 0 Å². The molecule has 1 aromatic carbocycles. The van der Waals surface area contributed by atoms with Gasteiger partial charge in [0.2, 0.25) is 5.91 Å². The Morgan fingerprint density at radius 1 is 1.30 bits per heavy atom. The summed E-state index contributed by atoms with van der Waals surface area (Å²) in [4.78, 5) is 36.4. The molecular weight excluding hydrogens is 298 g/mol. The van der Waals surface area contributed by atoms with Gasteiger partial charge < -0.3 is 10.2 Å². The highest BCUT2D eigenvalue weighted by molar-refractivity contribution is 5.98. The van der Waals surface area contributed by atoms with Crippen LogP contribution in [0.1, 0.15) is 36.2 Å². The highest BCUT2D eigenvalue weighted by atomic mass is 16.6.